The first-order valence-corrected chi connectivity index (χ1v) is 7.72. The molecule has 0 aromatic heterocycles. The molecule has 0 fully saturated rings. The lowest BCUT2D eigenvalue weighted by molar-refractivity contribution is -0.142. The average molecular weight is 403 g/mol. The van der Waals surface area contributed by atoms with E-state index in [2.05, 4.69) is 5.32 Å². The molecule has 0 aliphatic carbocycles. The van der Waals surface area contributed by atoms with Gasteiger partial charge in [0.05, 0.1) is 5.54 Å². The van der Waals surface area contributed by atoms with Crippen LogP contribution in [-0.4, -0.2) is 40.5 Å². The Hall–Kier alpha value is -2.65. The SMILES string of the molecule is CC(=O)Oc1ccc(C[C@H](NC(=O)C(C)(C)N)C(=O)O)cc1OC(C)=O.Cl. The van der Waals surface area contributed by atoms with Crippen LogP contribution in [-0.2, 0) is 25.6 Å². The summed E-state index contributed by atoms with van der Waals surface area (Å²) < 4.78 is 9.94. The lowest BCUT2D eigenvalue weighted by Crippen LogP contribution is -2.54. The maximum absolute atomic E-state index is 11.9. The molecule has 150 valence electrons. The molecular weight excluding hydrogens is 380 g/mol. The molecule has 0 heterocycles. The predicted molar refractivity (Wildman–Crippen MR) is 97.8 cm³/mol. The van der Waals surface area contributed by atoms with E-state index in [-0.39, 0.29) is 30.3 Å². The summed E-state index contributed by atoms with van der Waals surface area (Å²) in [6, 6.07) is 3.01. The molecule has 1 aromatic carbocycles. The van der Waals surface area contributed by atoms with Crippen LogP contribution in [0.4, 0.5) is 0 Å². The maximum atomic E-state index is 11.9. The van der Waals surface area contributed by atoms with Crippen LogP contribution in [0.3, 0.4) is 0 Å². The number of hydrogen-bond acceptors (Lipinski definition) is 7. The summed E-state index contributed by atoms with van der Waals surface area (Å²) in [7, 11) is 0. The highest BCUT2D eigenvalue weighted by Gasteiger charge is 2.28. The van der Waals surface area contributed by atoms with Crippen molar-refractivity contribution in [1.29, 1.82) is 0 Å². The number of amides is 1. The van der Waals surface area contributed by atoms with Gasteiger partial charge < -0.3 is 25.6 Å². The Balaban J connectivity index is 0.00000676. The fourth-order valence-corrected chi connectivity index (χ4v) is 1.93. The molecule has 0 aliphatic heterocycles. The molecule has 9 nitrogen and oxygen atoms in total. The Morgan fingerprint density at radius 2 is 1.63 bits per heavy atom. The minimum absolute atomic E-state index is 0. The Morgan fingerprint density at radius 3 is 2.07 bits per heavy atom. The molecule has 0 bridgehead atoms. The van der Waals surface area contributed by atoms with E-state index in [1.165, 1.54) is 45.9 Å². The molecule has 0 saturated heterocycles. The van der Waals surface area contributed by atoms with E-state index in [4.69, 9.17) is 15.2 Å². The van der Waals surface area contributed by atoms with Gasteiger partial charge in [-0.2, -0.15) is 0 Å². The predicted octanol–water partition coefficient (Wildman–Crippen LogP) is 0.808. The number of hydrogen-bond donors (Lipinski definition) is 3. The summed E-state index contributed by atoms with van der Waals surface area (Å²) in [5, 5.41) is 11.7. The molecule has 0 radical (unpaired) electrons. The second-order valence-electron chi connectivity index (χ2n) is 6.26. The number of benzene rings is 1. The molecule has 4 N–H and O–H groups in total. The summed E-state index contributed by atoms with van der Waals surface area (Å²) in [4.78, 5) is 45.7. The van der Waals surface area contributed by atoms with E-state index in [0.29, 0.717) is 5.56 Å². The third kappa shape index (κ3) is 8.06. The number of carbonyl (C=O) groups is 4. The molecule has 1 amide bonds. The minimum Gasteiger partial charge on any atom is -0.480 e. The number of carboxylic acids is 1. The van der Waals surface area contributed by atoms with Crippen molar-refractivity contribution in [3.63, 3.8) is 0 Å². The zero-order valence-electron chi connectivity index (χ0n) is 15.4. The largest absolute Gasteiger partial charge is 0.480 e. The fraction of sp³-hybridized carbons (Fsp3) is 0.412. The molecule has 27 heavy (non-hydrogen) atoms. The monoisotopic (exact) mass is 402 g/mol. The van der Waals surface area contributed by atoms with Gasteiger partial charge in [-0.25, -0.2) is 4.79 Å². The summed E-state index contributed by atoms with van der Waals surface area (Å²) in [5.74, 6) is -3.12. The number of ether oxygens (including phenoxy) is 2. The Bertz CT molecular complexity index is 728. The van der Waals surface area contributed by atoms with E-state index in [9.17, 15) is 24.3 Å². The Morgan fingerprint density at radius 1 is 1.11 bits per heavy atom. The second kappa shape index (κ2) is 9.89. The van der Waals surface area contributed by atoms with Crippen molar-refractivity contribution in [3.05, 3.63) is 23.8 Å². The van der Waals surface area contributed by atoms with Crippen LogP contribution in [0.1, 0.15) is 33.3 Å². The van der Waals surface area contributed by atoms with E-state index in [1.807, 2.05) is 0 Å². The van der Waals surface area contributed by atoms with Crippen molar-refractivity contribution < 1.29 is 33.8 Å². The molecule has 0 unspecified atom stereocenters. The van der Waals surface area contributed by atoms with Gasteiger partial charge in [-0.1, -0.05) is 6.07 Å². The van der Waals surface area contributed by atoms with Crippen molar-refractivity contribution in [2.24, 2.45) is 5.73 Å². The number of esters is 2. The Labute approximate surface area is 162 Å². The number of carbonyl (C=O) groups excluding carboxylic acids is 3. The van der Waals surface area contributed by atoms with Crippen LogP contribution in [0.2, 0.25) is 0 Å². The van der Waals surface area contributed by atoms with Crippen molar-refractivity contribution in [2.75, 3.05) is 0 Å². The second-order valence-corrected chi connectivity index (χ2v) is 6.26. The van der Waals surface area contributed by atoms with Gasteiger partial charge in [-0.3, -0.25) is 14.4 Å². The zero-order valence-corrected chi connectivity index (χ0v) is 16.2. The van der Waals surface area contributed by atoms with Gasteiger partial charge in [0.1, 0.15) is 6.04 Å². The van der Waals surface area contributed by atoms with Crippen molar-refractivity contribution in [1.82, 2.24) is 5.32 Å². The van der Waals surface area contributed by atoms with Crippen LogP contribution in [0, 0.1) is 0 Å². The van der Waals surface area contributed by atoms with Gasteiger partial charge in [-0.15, -0.1) is 12.4 Å². The molecule has 0 saturated carbocycles. The molecule has 1 aromatic rings. The van der Waals surface area contributed by atoms with Gasteiger partial charge in [0, 0.05) is 20.3 Å². The summed E-state index contributed by atoms with van der Waals surface area (Å²) in [5.41, 5.74) is 4.86. The number of nitrogens with one attached hydrogen (secondary N) is 1. The lowest BCUT2D eigenvalue weighted by atomic mass is 10.0. The normalized spacial score (nSPS) is 11.6. The number of carboxylic acid groups (broad SMARTS) is 1. The highest BCUT2D eigenvalue weighted by atomic mass is 35.5. The smallest absolute Gasteiger partial charge is 0.326 e. The molecule has 1 rings (SSSR count). The van der Waals surface area contributed by atoms with Crippen molar-refractivity contribution >= 4 is 36.2 Å². The van der Waals surface area contributed by atoms with Crippen molar-refractivity contribution in [2.45, 2.75) is 45.7 Å². The van der Waals surface area contributed by atoms with Gasteiger partial charge in [0.2, 0.25) is 5.91 Å². The lowest BCUT2D eigenvalue weighted by Gasteiger charge is -2.22. The average Bonchev–Trinajstić information content (AvgIpc) is 2.46. The van der Waals surface area contributed by atoms with E-state index < -0.39 is 35.4 Å². The van der Waals surface area contributed by atoms with Crippen LogP contribution in [0.15, 0.2) is 18.2 Å². The third-order valence-electron chi connectivity index (χ3n) is 3.14. The fourth-order valence-electron chi connectivity index (χ4n) is 1.93. The summed E-state index contributed by atoms with van der Waals surface area (Å²) in [6.45, 7) is 5.27. The van der Waals surface area contributed by atoms with Gasteiger partial charge in [0.25, 0.3) is 0 Å². The number of halogens is 1. The van der Waals surface area contributed by atoms with Crippen LogP contribution in [0.5, 0.6) is 11.5 Å². The van der Waals surface area contributed by atoms with Crippen molar-refractivity contribution in [3.8, 4) is 11.5 Å². The number of rotatable bonds is 7. The van der Waals surface area contributed by atoms with Gasteiger partial charge >= 0.3 is 17.9 Å². The standard InChI is InChI=1S/C17H22N2O7.ClH/c1-9(20)25-13-6-5-11(8-14(13)26-10(2)21)7-12(15(22)23)19-16(24)17(3,4)18;/h5-6,8,12H,7,18H2,1-4H3,(H,19,24)(H,22,23);1H/t12-;/m0./s1. The van der Waals surface area contributed by atoms with Gasteiger partial charge in [0.15, 0.2) is 11.5 Å². The summed E-state index contributed by atoms with van der Waals surface area (Å²) in [6.07, 6.45) is -0.0915. The zero-order chi connectivity index (χ0) is 20.1. The first-order valence-electron chi connectivity index (χ1n) is 7.72. The summed E-state index contributed by atoms with van der Waals surface area (Å²) >= 11 is 0. The third-order valence-corrected chi connectivity index (χ3v) is 3.14. The quantitative estimate of drug-likeness (QED) is 0.448. The molecule has 0 spiro atoms. The first-order chi connectivity index (χ1) is 11.9. The number of aliphatic carboxylic acids is 1. The van der Waals surface area contributed by atoms with E-state index in [1.54, 1.807) is 0 Å². The maximum Gasteiger partial charge on any atom is 0.326 e. The minimum atomic E-state index is -1.25. The molecule has 10 heteroatoms. The highest BCUT2D eigenvalue weighted by Crippen LogP contribution is 2.29. The Kier molecular flexibility index (Phi) is 8.92. The van der Waals surface area contributed by atoms with E-state index >= 15 is 0 Å². The van der Waals surface area contributed by atoms with E-state index in [0.717, 1.165) is 0 Å². The highest BCUT2D eigenvalue weighted by molar-refractivity contribution is 5.89. The van der Waals surface area contributed by atoms with Crippen LogP contribution in [0.25, 0.3) is 0 Å². The van der Waals surface area contributed by atoms with Gasteiger partial charge in [-0.05, 0) is 31.5 Å². The molecule has 1 atom stereocenters. The molecular formula is C17H23ClN2O7. The topological polar surface area (TPSA) is 145 Å². The van der Waals surface area contributed by atoms with Crippen LogP contribution < -0.4 is 20.5 Å². The first kappa shape index (κ1) is 24.4. The van der Waals surface area contributed by atoms with Crippen LogP contribution >= 0.6 is 12.4 Å². The number of nitrogens with two attached hydrogens (primary N) is 1. The molecule has 0 aliphatic rings.